The van der Waals surface area contributed by atoms with Crippen LogP contribution in [0.5, 0.6) is 0 Å². The second kappa shape index (κ2) is 5.69. The molecule has 2 aromatic rings. The van der Waals surface area contributed by atoms with Gasteiger partial charge in [0.1, 0.15) is 5.78 Å². The third-order valence-electron chi connectivity index (χ3n) is 2.56. The van der Waals surface area contributed by atoms with Gasteiger partial charge in [-0.3, -0.25) is 4.79 Å². The van der Waals surface area contributed by atoms with Crippen LogP contribution in [0.4, 0.5) is 11.4 Å². The van der Waals surface area contributed by atoms with E-state index in [9.17, 15) is 4.79 Å². The van der Waals surface area contributed by atoms with Gasteiger partial charge < -0.3 is 5.32 Å². The summed E-state index contributed by atoms with van der Waals surface area (Å²) < 4.78 is 0. The molecule has 0 amide bonds. The summed E-state index contributed by atoms with van der Waals surface area (Å²) in [7, 11) is 0. The summed E-state index contributed by atoms with van der Waals surface area (Å²) in [4.78, 5) is 11.2. The van der Waals surface area contributed by atoms with E-state index in [0.29, 0.717) is 11.4 Å². The first-order valence-corrected chi connectivity index (χ1v) is 6.13. The monoisotopic (exact) mass is 259 g/mol. The Kier molecular flexibility index (Phi) is 4.00. The number of hydrogen-bond donors (Lipinski definition) is 1. The van der Waals surface area contributed by atoms with Crippen LogP contribution in [0.25, 0.3) is 0 Å². The molecule has 0 aliphatic carbocycles. The van der Waals surface area contributed by atoms with Crippen LogP contribution >= 0.6 is 11.6 Å². The smallest absolute Gasteiger partial charge is 0.134 e. The van der Waals surface area contributed by atoms with Crippen LogP contribution in [-0.4, -0.2) is 5.78 Å². The van der Waals surface area contributed by atoms with Crippen molar-refractivity contribution in [1.82, 2.24) is 0 Å². The molecular weight excluding hydrogens is 246 g/mol. The quantitative estimate of drug-likeness (QED) is 0.891. The molecule has 2 aromatic carbocycles. The summed E-state index contributed by atoms with van der Waals surface area (Å²) in [6, 6.07) is 15.3. The van der Waals surface area contributed by atoms with E-state index in [4.69, 9.17) is 11.6 Å². The lowest BCUT2D eigenvalue weighted by Crippen LogP contribution is -2.01. The van der Waals surface area contributed by atoms with Gasteiger partial charge in [0.05, 0.1) is 0 Å². The van der Waals surface area contributed by atoms with Crippen molar-refractivity contribution in [2.75, 3.05) is 5.32 Å². The van der Waals surface area contributed by atoms with Crippen LogP contribution < -0.4 is 5.32 Å². The molecule has 0 fully saturated rings. The molecule has 0 saturated carbocycles. The number of anilines is 2. The van der Waals surface area contributed by atoms with Gasteiger partial charge in [-0.1, -0.05) is 35.9 Å². The number of hydrogen-bond acceptors (Lipinski definition) is 2. The second-order valence-corrected chi connectivity index (χ2v) is 4.61. The number of ketones is 1. The van der Waals surface area contributed by atoms with Crippen molar-refractivity contribution in [2.24, 2.45) is 0 Å². The van der Waals surface area contributed by atoms with E-state index in [1.54, 1.807) is 13.0 Å². The fourth-order valence-electron chi connectivity index (χ4n) is 1.76. The second-order valence-electron chi connectivity index (χ2n) is 4.17. The van der Waals surface area contributed by atoms with Crippen LogP contribution in [0, 0.1) is 0 Å². The maximum Gasteiger partial charge on any atom is 0.134 e. The Balaban J connectivity index is 2.30. The Labute approximate surface area is 112 Å². The molecule has 0 radical (unpaired) electrons. The Morgan fingerprint density at radius 2 is 1.89 bits per heavy atom. The fraction of sp³-hybridized carbons (Fsp3) is 0.133. The molecule has 0 aromatic heterocycles. The lowest BCUT2D eigenvalue weighted by molar-refractivity contribution is -0.116. The SMILES string of the molecule is CC(=O)Cc1ccc(Cl)cc1Nc1ccccc1. The third-order valence-corrected chi connectivity index (χ3v) is 2.80. The molecule has 18 heavy (non-hydrogen) atoms. The highest BCUT2D eigenvalue weighted by Gasteiger charge is 2.06. The van der Waals surface area contributed by atoms with Gasteiger partial charge in [-0.15, -0.1) is 0 Å². The van der Waals surface area contributed by atoms with Crippen molar-refractivity contribution in [3.8, 4) is 0 Å². The Bertz CT molecular complexity index is 552. The predicted molar refractivity (Wildman–Crippen MR) is 75.6 cm³/mol. The number of nitrogens with one attached hydrogen (secondary N) is 1. The lowest BCUT2D eigenvalue weighted by Gasteiger charge is -2.11. The van der Waals surface area contributed by atoms with E-state index >= 15 is 0 Å². The summed E-state index contributed by atoms with van der Waals surface area (Å²) in [5.74, 6) is 0.133. The Hall–Kier alpha value is -1.80. The van der Waals surface area contributed by atoms with Gasteiger partial charge in [-0.25, -0.2) is 0 Å². The number of carbonyl (C=O) groups is 1. The normalized spacial score (nSPS) is 10.1. The standard InChI is InChI=1S/C15H14ClNO/c1-11(18)9-12-7-8-13(16)10-15(12)17-14-5-3-2-4-6-14/h2-8,10,17H,9H2,1H3. The van der Waals surface area contributed by atoms with Crippen molar-refractivity contribution in [3.63, 3.8) is 0 Å². The maximum atomic E-state index is 11.2. The van der Waals surface area contributed by atoms with E-state index < -0.39 is 0 Å². The highest BCUT2D eigenvalue weighted by atomic mass is 35.5. The summed E-state index contributed by atoms with van der Waals surface area (Å²) in [6.45, 7) is 1.58. The van der Waals surface area contributed by atoms with Gasteiger partial charge in [0.15, 0.2) is 0 Å². The largest absolute Gasteiger partial charge is 0.355 e. The highest BCUT2D eigenvalue weighted by molar-refractivity contribution is 6.30. The number of Topliss-reactive ketones (excluding diaryl/α,β-unsaturated/α-hetero) is 1. The first-order valence-electron chi connectivity index (χ1n) is 5.75. The highest BCUT2D eigenvalue weighted by Crippen LogP contribution is 2.25. The average molecular weight is 260 g/mol. The molecule has 1 N–H and O–H groups in total. The van der Waals surface area contributed by atoms with E-state index in [1.165, 1.54) is 0 Å². The summed E-state index contributed by atoms with van der Waals surface area (Å²) in [6.07, 6.45) is 0.409. The molecule has 92 valence electrons. The summed E-state index contributed by atoms with van der Waals surface area (Å²) in [5.41, 5.74) is 2.81. The molecule has 2 rings (SSSR count). The number of carbonyl (C=O) groups excluding carboxylic acids is 1. The molecule has 2 nitrogen and oxygen atoms in total. The van der Waals surface area contributed by atoms with Crippen molar-refractivity contribution in [1.29, 1.82) is 0 Å². The molecule has 0 saturated heterocycles. The zero-order chi connectivity index (χ0) is 13.0. The van der Waals surface area contributed by atoms with Crippen LogP contribution in [0.1, 0.15) is 12.5 Å². The average Bonchev–Trinajstić information content (AvgIpc) is 2.33. The molecule has 0 aliphatic rings. The molecule has 0 heterocycles. The lowest BCUT2D eigenvalue weighted by atomic mass is 10.1. The molecule has 0 unspecified atom stereocenters. The molecular formula is C15H14ClNO. The zero-order valence-electron chi connectivity index (χ0n) is 10.1. The fourth-order valence-corrected chi connectivity index (χ4v) is 1.94. The minimum Gasteiger partial charge on any atom is -0.355 e. The number of benzene rings is 2. The topological polar surface area (TPSA) is 29.1 Å². The Morgan fingerprint density at radius 3 is 2.56 bits per heavy atom. The third kappa shape index (κ3) is 3.34. The predicted octanol–water partition coefficient (Wildman–Crippen LogP) is 4.22. The van der Waals surface area contributed by atoms with Crippen LogP contribution in [0.2, 0.25) is 5.02 Å². The summed E-state index contributed by atoms with van der Waals surface area (Å²) >= 11 is 5.99. The van der Waals surface area contributed by atoms with Crippen LogP contribution in [0.3, 0.4) is 0 Å². The molecule has 0 bridgehead atoms. The van der Waals surface area contributed by atoms with Gasteiger partial charge in [0.25, 0.3) is 0 Å². The van der Waals surface area contributed by atoms with E-state index in [0.717, 1.165) is 16.9 Å². The van der Waals surface area contributed by atoms with E-state index in [-0.39, 0.29) is 5.78 Å². The van der Waals surface area contributed by atoms with Crippen molar-refractivity contribution in [2.45, 2.75) is 13.3 Å². The van der Waals surface area contributed by atoms with Crippen molar-refractivity contribution in [3.05, 3.63) is 59.1 Å². The van der Waals surface area contributed by atoms with Crippen molar-refractivity contribution < 1.29 is 4.79 Å². The minimum atomic E-state index is 0.133. The van der Waals surface area contributed by atoms with Gasteiger partial charge in [-0.05, 0) is 36.8 Å². The molecule has 3 heteroatoms. The van der Waals surface area contributed by atoms with Gasteiger partial charge in [-0.2, -0.15) is 0 Å². The first kappa shape index (κ1) is 12.7. The first-order chi connectivity index (χ1) is 8.65. The van der Waals surface area contributed by atoms with Crippen LogP contribution in [-0.2, 0) is 11.2 Å². The van der Waals surface area contributed by atoms with Gasteiger partial charge in [0.2, 0.25) is 0 Å². The zero-order valence-corrected chi connectivity index (χ0v) is 10.9. The van der Waals surface area contributed by atoms with Crippen LogP contribution in [0.15, 0.2) is 48.5 Å². The molecule has 0 aliphatic heterocycles. The number of rotatable bonds is 4. The van der Waals surface area contributed by atoms with Crippen molar-refractivity contribution >= 4 is 28.8 Å². The minimum absolute atomic E-state index is 0.133. The van der Waals surface area contributed by atoms with E-state index in [1.807, 2.05) is 42.5 Å². The molecule has 0 atom stereocenters. The Morgan fingerprint density at radius 1 is 1.17 bits per heavy atom. The number of para-hydroxylation sites is 1. The summed E-state index contributed by atoms with van der Waals surface area (Å²) in [5, 5.41) is 3.94. The van der Waals surface area contributed by atoms with Gasteiger partial charge in [0, 0.05) is 22.8 Å². The maximum absolute atomic E-state index is 11.2. The molecule has 0 spiro atoms. The van der Waals surface area contributed by atoms with Gasteiger partial charge >= 0.3 is 0 Å². The number of halogens is 1. The van der Waals surface area contributed by atoms with E-state index in [2.05, 4.69) is 5.32 Å².